The number of carbonyl (C=O) groups excluding carboxylic acids is 2. The van der Waals surface area contributed by atoms with Gasteiger partial charge in [0, 0.05) is 24.8 Å². The van der Waals surface area contributed by atoms with Crippen molar-refractivity contribution in [2.24, 2.45) is 0 Å². The SMILES string of the molecule is CCC1(CC)NC(=O)CCN(C(C)CSC)C1=O. The average molecular weight is 272 g/mol. The zero-order valence-electron chi connectivity index (χ0n) is 11.8. The number of hydrogen-bond donors (Lipinski definition) is 1. The maximum absolute atomic E-state index is 12.7. The molecule has 1 unspecified atom stereocenters. The highest BCUT2D eigenvalue weighted by Crippen LogP contribution is 2.24. The van der Waals surface area contributed by atoms with Gasteiger partial charge in [-0.05, 0) is 26.0 Å². The average Bonchev–Trinajstić information content (AvgIpc) is 2.48. The summed E-state index contributed by atoms with van der Waals surface area (Å²) in [7, 11) is 0. The Kier molecular flexibility index (Phi) is 5.50. The Balaban J connectivity index is 2.99. The maximum atomic E-state index is 12.7. The van der Waals surface area contributed by atoms with Crippen molar-refractivity contribution in [3.8, 4) is 0 Å². The highest BCUT2D eigenvalue weighted by molar-refractivity contribution is 7.98. The van der Waals surface area contributed by atoms with E-state index in [1.807, 2.05) is 25.0 Å². The van der Waals surface area contributed by atoms with Gasteiger partial charge in [0.25, 0.3) is 0 Å². The van der Waals surface area contributed by atoms with E-state index in [1.54, 1.807) is 11.8 Å². The third kappa shape index (κ3) is 2.99. The van der Waals surface area contributed by atoms with Crippen LogP contribution in [0.15, 0.2) is 0 Å². The first-order valence-corrected chi connectivity index (χ1v) is 8.01. The first-order valence-electron chi connectivity index (χ1n) is 6.61. The molecule has 1 atom stereocenters. The molecule has 5 heteroatoms. The van der Waals surface area contributed by atoms with Gasteiger partial charge in [0.15, 0.2) is 0 Å². The quantitative estimate of drug-likeness (QED) is 0.828. The van der Waals surface area contributed by atoms with Crippen molar-refractivity contribution >= 4 is 23.6 Å². The fourth-order valence-electron chi connectivity index (χ4n) is 2.46. The van der Waals surface area contributed by atoms with Gasteiger partial charge in [-0.3, -0.25) is 9.59 Å². The monoisotopic (exact) mass is 272 g/mol. The summed E-state index contributed by atoms with van der Waals surface area (Å²) in [6.45, 7) is 6.52. The molecule has 18 heavy (non-hydrogen) atoms. The minimum absolute atomic E-state index is 0.00842. The second kappa shape index (κ2) is 6.45. The molecule has 0 spiro atoms. The van der Waals surface area contributed by atoms with Crippen molar-refractivity contribution in [1.82, 2.24) is 10.2 Å². The fourth-order valence-corrected chi connectivity index (χ4v) is 3.12. The number of nitrogens with one attached hydrogen (secondary N) is 1. The molecule has 0 saturated carbocycles. The van der Waals surface area contributed by atoms with Crippen LogP contribution in [0.3, 0.4) is 0 Å². The van der Waals surface area contributed by atoms with Gasteiger partial charge in [0.2, 0.25) is 11.8 Å². The van der Waals surface area contributed by atoms with E-state index in [4.69, 9.17) is 0 Å². The number of rotatable bonds is 5. The van der Waals surface area contributed by atoms with Crippen LogP contribution in [0.4, 0.5) is 0 Å². The molecular formula is C13H24N2O2S. The lowest BCUT2D eigenvalue weighted by molar-refractivity contribution is -0.140. The lowest BCUT2D eigenvalue weighted by atomic mass is 9.91. The minimum atomic E-state index is -0.694. The first kappa shape index (κ1) is 15.3. The van der Waals surface area contributed by atoms with Crippen LogP contribution in [0, 0.1) is 0 Å². The summed E-state index contributed by atoms with van der Waals surface area (Å²) in [5.41, 5.74) is -0.694. The van der Waals surface area contributed by atoms with Crippen molar-refractivity contribution in [3.05, 3.63) is 0 Å². The summed E-state index contributed by atoms with van der Waals surface area (Å²) < 4.78 is 0. The van der Waals surface area contributed by atoms with Crippen LogP contribution in [-0.2, 0) is 9.59 Å². The number of nitrogens with zero attached hydrogens (tertiary/aromatic N) is 1. The summed E-state index contributed by atoms with van der Waals surface area (Å²) in [6, 6.07) is 0.178. The number of carbonyl (C=O) groups is 2. The van der Waals surface area contributed by atoms with Gasteiger partial charge in [-0.2, -0.15) is 11.8 Å². The molecule has 1 fully saturated rings. The standard InChI is InChI=1S/C13H24N2O2S/c1-5-13(6-2)12(17)15(10(3)9-18-4)8-7-11(16)14-13/h10H,5-9H2,1-4H3,(H,14,16). The van der Waals surface area contributed by atoms with Crippen LogP contribution in [0.5, 0.6) is 0 Å². The van der Waals surface area contributed by atoms with Crippen LogP contribution >= 0.6 is 11.8 Å². The number of amides is 2. The zero-order valence-corrected chi connectivity index (χ0v) is 12.6. The molecule has 1 N–H and O–H groups in total. The predicted molar refractivity (Wildman–Crippen MR) is 75.6 cm³/mol. The van der Waals surface area contributed by atoms with Crippen molar-refractivity contribution in [2.75, 3.05) is 18.6 Å². The Morgan fingerprint density at radius 3 is 2.50 bits per heavy atom. The van der Waals surface area contributed by atoms with Crippen LogP contribution in [0.25, 0.3) is 0 Å². The molecule has 104 valence electrons. The molecule has 0 aromatic heterocycles. The second-order valence-electron chi connectivity index (χ2n) is 4.89. The second-order valence-corrected chi connectivity index (χ2v) is 5.80. The molecule has 0 aromatic rings. The lowest BCUT2D eigenvalue weighted by Crippen LogP contribution is -2.58. The molecule has 4 nitrogen and oxygen atoms in total. The summed E-state index contributed by atoms with van der Waals surface area (Å²) in [5.74, 6) is 0.981. The predicted octanol–water partition coefficient (Wildman–Crippen LogP) is 1.65. The summed E-state index contributed by atoms with van der Waals surface area (Å²) >= 11 is 1.73. The van der Waals surface area contributed by atoms with Crippen LogP contribution in [0.2, 0.25) is 0 Å². The summed E-state index contributed by atoms with van der Waals surface area (Å²) in [6.07, 6.45) is 3.74. The van der Waals surface area contributed by atoms with Crippen molar-refractivity contribution < 1.29 is 9.59 Å². The molecule has 0 bridgehead atoms. The van der Waals surface area contributed by atoms with Gasteiger partial charge in [-0.15, -0.1) is 0 Å². The molecular weight excluding hydrogens is 248 g/mol. The molecule has 0 aliphatic carbocycles. The zero-order chi connectivity index (χ0) is 13.8. The largest absolute Gasteiger partial charge is 0.342 e. The van der Waals surface area contributed by atoms with Crippen molar-refractivity contribution in [3.63, 3.8) is 0 Å². The third-order valence-electron chi connectivity index (χ3n) is 3.78. The maximum Gasteiger partial charge on any atom is 0.248 e. The van der Waals surface area contributed by atoms with Gasteiger partial charge in [-0.1, -0.05) is 13.8 Å². The van der Waals surface area contributed by atoms with E-state index in [2.05, 4.69) is 12.2 Å². The summed E-state index contributed by atoms with van der Waals surface area (Å²) in [5, 5.41) is 2.93. The van der Waals surface area contributed by atoms with Gasteiger partial charge in [0.1, 0.15) is 5.54 Å². The molecule has 2 amide bonds. The van der Waals surface area contributed by atoms with E-state index >= 15 is 0 Å². The molecule has 1 saturated heterocycles. The van der Waals surface area contributed by atoms with Gasteiger partial charge < -0.3 is 10.2 Å². The fraction of sp³-hybridized carbons (Fsp3) is 0.846. The Hall–Kier alpha value is -0.710. The lowest BCUT2D eigenvalue weighted by Gasteiger charge is -2.36. The van der Waals surface area contributed by atoms with E-state index in [0.29, 0.717) is 25.8 Å². The van der Waals surface area contributed by atoms with Gasteiger partial charge in [0.05, 0.1) is 0 Å². The highest BCUT2D eigenvalue weighted by Gasteiger charge is 2.42. The minimum Gasteiger partial charge on any atom is -0.342 e. The van der Waals surface area contributed by atoms with Crippen molar-refractivity contribution in [1.29, 1.82) is 0 Å². The van der Waals surface area contributed by atoms with E-state index < -0.39 is 5.54 Å². The molecule has 0 aromatic carbocycles. The molecule has 0 radical (unpaired) electrons. The topological polar surface area (TPSA) is 49.4 Å². The molecule has 1 aliphatic heterocycles. The summed E-state index contributed by atoms with van der Waals surface area (Å²) in [4.78, 5) is 26.4. The Morgan fingerprint density at radius 2 is 2.00 bits per heavy atom. The van der Waals surface area contributed by atoms with Gasteiger partial charge in [-0.25, -0.2) is 0 Å². The smallest absolute Gasteiger partial charge is 0.248 e. The molecule has 1 aliphatic rings. The van der Waals surface area contributed by atoms with Crippen molar-refractivity contribution in [2.45, 2.75) is 51.6 Å². The van der Waals surface area contributed by atoms with Gasteiger partial charge >= 0.3 is 0 Å². The van der Waals surface area contributed by atoms with E-state index in [0.717, 1.165) is 5.75 Å². The number of thioether (sulfide) groups is 1. The number of hydrogen-bond acceptors (Lipinski definition) is 3. The van der Waals surface area contributed by atoms with Crippen LogP contribution in [-0.4, -0.2) is 46.8 Å². The highest BCUT2D eigenvalue weighted by atomic mass is 32.2. The Morgan fingerprint density at radius 1 is 1.39 bits per heavy atom. The molecule has 1 rings (SSSR count). The Labute approximate surface area is 114 Å². The Bertz CT molecular complexity index is 316. The normalized spacial score (nSPS) is 21.4. The molecule has 1 heterocycles. The third-order valence-corrected chi connectivity index (χ3v) is 4.59. The van der Waals surface area contributed by atoms with E-state index in [1.165, 1.54) is 0 Å². The van der Waals surface area contributed by atoms with E-state index in [-0.39, 0.29) is 17.9 Å². The first-order chi connectivity index (χ1) is 8.50. The van der Waals surface area contributed by atoms with Crippen LogP contribution in [0.1, 0.15) is 40.0 Å². The van der Waals surface area contributed by atoms with Crippen LogP contribution < -0.4 is 5.32 Å². The van der Waals surface area contributed by atoms with E-state index in [9.17, 15) is 9.59 Å².